The molecule has 0 heterocycles. The molecule has 0 spiro atoms. The fourth-order valence-corrected chi connectivity index (χ4v) is 9.15. The minimum atomic E-state index is -3.41. The van der Waals surface area contributed by atoms with Crippen LogP contribution >= 0.6 is 7.14 Å². The van der Waals surface area contributed by atoms with Crippen LogP contribution in [0.5, 0.6) is 0 Å². The lowest BCUT2D eigenvalue weighted by atomic mass is 9.89. The minimum Gasteiger partial charge on any atom is -0.465 e. The molecule has 5 aromatic rings. The minimum absolute atomic E-state index is 0.0997. The second kappa shape index (κ2) is 11.5. The summed E-state index contributed by atoms with van der Waals surface area (Å²) in [4.78, 5) is 27.0. The summed E-state index contributed by atoms with van der Waals surface area (Å²) in [7, 11) is -0.817. The summed E-state index contributed by atoms with van der Waals surface area (Å²) in [6.07, 6.45) is 1.22. The second-order valence-electron chi connectivity index (χ2n) is 9.71. The topological polar surface area (TPSA) is 69.7 Å². The van der Waals surface area contributed by atoms with Crippen molar-refractivity contribution in [3.8, 4) is 0 Å². The standard InChI is InChI=1S/C34H31O5P/c1-4-13-30(40(37,24-15-7-5-8-16-24)25-17-9-6-10-18-25)29-22-28-26-19-12-11-14-23(26)20-21-27(28)31(33(35)38-2)32(29)34(36)39-3/h5-12,14-22,30H,4,13H2,1-3H3. The van der Waals surface area contributed by atoms with Crippen molar-refractivity contribution in [2.45, 2.75) is 25.4 Å². The van der Waals surface area contributed by atoms with E-state index in [-0.39, 0.29) is 11.1 Å². The van der Waals surface area contributed by atoms with Crippen molar-refractivity contribution in [2.24, 2.45) is 0 Å². The molecule has 0 saturated heterocycles. The largest absolute Gasteiger partial charge is 0.465 e. The van der Waals surface area contributed by atoms with Crippen LogP contribution in [0.15, 0.2) is 103 Å². The van der Waals surface area contributed by atoms with E-state index in [9.17, 15) is 9.59 Å². The van der Waals surface area contributed by atoms with Gasteiger partial charge in [-0.3, -0.25) is 0 Å². The fourth-order valence-electron chi connectivity index (χ4n) is 5.69. The van der Waals surface area contributed by atoms with Gasteiger partial charge in [0, 0.05) is 16.3 Å². The van der Waals surface area contributed by atoms with Gasteiger partial charge in [-0.05, 0) is 39.6 Å². The van der Waals surface area contributed by atoms with Crippen LogP contribution in [-0.2, 0) is 14.0 Å². The highest BCUT2D eigenvalue weighted by molar-refractivity contribution is 7.79. The van der Waals surface area contributed by atoms with Gasteiger partial charge >= 0.3 is 11.9 Å². The molecule has 1 atom stereocenters. The van der Waals surface area contributed by atoms with Crippen LogP contribution in [0.25, 0.3) is 21.5 Å². The number of methoxy groups -OCH3 is 2. The van der Waals surface area contributed by atoms with Crippen LogP contribution < -0.4 is 10.6 Å². The number of benzene rings is 5. The normalized spacial score (nSPS) is 12.3. The van der Waals surface area contributed by atoms with E-state index in [0.717, 1.165) is 16.2 Å². The molecule has 0 bridgehead atoms. The van der Waals surface area contributed by atoms with Crippen molar-refractivity contribution in [1.29, 1.82) is 0 Å². The van der Waals surface area contributed by atoms with E-state index >= 15 is 4.57 Å². The number of carbonyl (C=O) groups is 2. The van der Waals surface area contributed by atoms with Crippen molar-refractivity contribution in [1.82, 2.24) is 0 Å². The Labute approximate surface area is 234 Å². The maximum atomic E-state index is 15.7. The van der Waals surface area contributed by atoms with Crippen LogP contribution in [0, 0.1) is 0 Å². The van der Waals surface area contributed by atoms with E-state index in [1.165, 1.54) is 14.2 Å². The zero-order chi connectivity index (χ0) is 28.3. The first kappa shape index (κ1) is 27.4. The van der Waals surface area contributed by atoms with Crippen LogP contribution in [0.4, 0.5) is 0 Å². The predicted molar refractivity (Wildman–Crippen MR) is 162 cm³/mol. The number of esters is 2. The average molecular weight is 551 g/mol. The van der Waals surface area contributed by atoms with Gasteiger partial charge in [-0.1, -0.05) is 110 Å². The summed E-state index contributed by atoms with van der Waals surface area (Å²) in [5.74, 6) is -1.31. The van der Waals surface area contributed by atoms with E-state index in [1.807, 2.05) is 110 Å². The van der Waals surface area contributed by atoms with Crippen molar-refractivity contribution >= 4 is 51.2 Å². The van der Waals surface area contributed by atoms with Gasteiger partial charge in [-0.25, -0.2) is 9.59 Å². The van der Waals surface area contributed by atoms with Crippen molar-refractivity contribution in [3.05, 3.63) is 120 Å². The maximum absolute atomic E-state index is 15.7. The van der Waals surface area contributed by atoms with Crippen molar-refractivity contribution in [3.63, 3.8) is 0 Å². The zero-order valence-corrected chi connectivity index (χ0v) is 23.7. The van der Waals surface area contributed by atoms with Gasteiger partial charge in [-0.15, -0.1) is 0 Å². The summed E-state index contributed by atoms with van der Waals surface area (Å²) >= 11 is 0. The Bertz CT molecular complexity index is 1700. The van der Waals surface area contributed by atoms with Gasteiger partial charge in [0.1, 0.15) is 7.14 Å². The second-order valence-corrected chi connectivity index (χ2v) is 12.7. The van der Waals surface area contributed by atoms with Gasteiger partial charge < -0.3 is 14.0 Å². The molecule has 0 aromatic heterocycles. The summed E-state index contributed by atoms with van der Waals surface area (Å²) in [6, 6.07) is 32.4. The average Bonchev–Trinajstić information content (AvgIpc) is 3.02. The van der Waals surface area contributed by atoms with Gasteiger partial charge in [0.25, 0.3) is 0 Å². The molecule has 0 aliphatic carbocycles. The van der Waals surface area contributed by atoms with E-state index in [1.54, 1.807) is 0 Å². The Morgan fingerprint density at radius 1 is 0.675 bits per heavy atom. The third kappa shape index (κ3) is 4.61. The quantitative estimate of drug-likeness (QED) is 0.114. The maximum Gasteiger partial charge on any atom is 0.339 e. The first-order valence-corrected chi connectivity index (χ1v) is 15.1. The molecule has 5 nitrogen and oxygen atoms in total. The van der Waals surface area contributed by atoms with Gasteiger partial charge in [-0.2, -0.15) is 0 Å². The Balaban J connectivity index is 1.97. The monoisotopic (exact) mass is 550 g/mol. The molecule has 0 radical (unpaired) electrons. The van der Waals surface area contributed by atoms with Crippen LogP contribution in [0.3, 0.4) is 0 Å². The molecule has 5 rings (SSSR count). The Hall–Kier alpha value is -4.21. The molecule has 0 aliphatic rings. The molecule has 0 fully saturated rings. The molecule has 0 saturated carbocycles. The molecule has 1 unspecified atom stereocenters. The highest BCUT2D eigenvalue weighted by Crippen LogP contribution is 2.60. The molecule has 40 heavy (non-hydrogen) atoms. The number of fused-ring (bicyclic) bond motifs is 3. The van der Waals surface area contributed by atoms with Gasteiger partial charge in [0.15, 0.2) is 0 Å². The highest BCUT2D eigenvalue weighted by atomic mass is 31.2. The molecular formula is C34H31O5P. The molecule has 202 valence electrons. The zero-order valence-electron chi connectivity index (χ0n) is 22.8. The van der Waals surface area contributed by atoms with E-state index < -0.39 is 24.7 Å². The Morgan fingerprint density at radius 2 is 1.23 bits per heavy atom. The first-order valence-electron chi connectivity index (χ1n) is 13.3. The smallest absolute Gasteiger partial charge is 0.339 e. The van der Waals surface area contributed by atoms with E-state index in [0.29, 0.717) is 34.4 Å². The van der Waals surface area contributed by atoms with Gasteiger partial charge in [0.05, 0.1) is 25.3 Å². The van der Waals surface area contributed by atoms with Crippen LogP contribution in [0.1, 0.15) is 51.7 Å². The van der Waals surface area contributed by atoms with Crippen molar-refractivity contribution < 1.29 is 23.6 Å². The summed E-state index contributed by atoms with van der Waals surface area (Å²) < 4.78 is 26.1. The lowest BCUT2D eigenvalue weighted by Gasteiger charge is -2.31. The molecule has 5 aromatic carbocycles. The van der Waals surface area contributed by atoms with Gasteiger partial charge in [0.2, 0.25) is 0 Å². The number of carbonyl (C=O) groups excluding carboxylic acids is 2. The van der Waals surface area contributed by atoms with E-state index in [2.05, 4.69) is 0 Å². The third-order valence-electron chi connectivity index (χ3n) is 7.50. The highest BCUT2D eigenvalue weighted by Gasteiger charge is 2.41. The van der Waals surface area contributed by atoms with E-state index in [4.69, 9.17) is 9.47 Å². The molecular weight excluding hydrogens is 519 g/mol. The number of rotatable bonds is 8. The van der Waals surface area contributed by atoms with Crippen LogP contribution in [0.2, 0.25) is 0 Å². The molecule has 0 N–H and O–H groups in total. The predicted octanol–water partition coefficient (Wildman–Crippen LogP) is 7.42. The third-order valence-corrected chi connectivity index (χ3v) is 11.0. The van der Waals surface area contributed by atoms with Crippen LogP contribution in [-0.4, -0.2) is 26.2 Å². The molecule has 0 aliphatic heterocycles. The number of ether oxygens (including phenoxy) is 2. The summed E-state index contributed by atoms with van der Waals surface area (Å²) in [6.45, 7) is 2.03. The SMILES string of the molecule is CCCC(c1cc2c(ccc3ccccc32)c(C(=O)OC)c1C(=O)OC)P(=O)(c1ccccc1)c1ccccc1. The lowest BCUT2D eigenvalue weighted by molar-refractivity contribution is 0.0556. The van der Waals surface area contributed by atoms with Crippen molar-refractivity contribution in [2.75, 3.05) is 14.2 Å². The summed E-state index contributed by atoms with van der Waals surface area (Å²) in [5, 5.41) is 4.66. The molecule has 6 heteroatoms. The summed E-state index contributed by atoms with van der Waals surface area (Å²) in [5.41, 5.74) is 0.140. The Kier molecular flexibility index (Phi) is 7.86. The fraction of sp³-hybridized carbons (Fsp3) is 0.176. The lowest BCUT2D eigenvalue weighted by Crippen LogP contribution is -2.24. The number of hydrogen-bond donors (Lipinski definition) is 0. The number of hydrogen-bond acceptors (Lipinski definition) is 5. The Morgan fingerprint density at radius 3 is 1.80 bits per heavy atom. The first-order chi connectivity index (χ1) is 19.4. The molecule has 0 amide bonds.